The van der Waals surface area contributed by atoms with Crippen LogP contribution in [0.3, 0.4) is 0 Å². The average molecular weight is 241 g/mol. The van der Waals surface area contributed by atoms with Crippen molar-refractivity contribution in [2.45, 2.75) is 51.6 Å². The van der Waals surface area contributed by atoms with Crippen molar-refractivity contribution in [3.05, 3.63) is 0 Å². The maximum absolute atomic E-state index is 3.51. The van der Waals surface area contributed by atoms with Gasteiger partial charge >= 0.3 is 0 Å². The number of piperidine rings is 1. The van der Waals surface area contributed by atoms with E-state index < -0.39 is 0 Å². The Balaban J connectivity index is 2.37. The molecule has 1 unspecified atom stereocenters. The monoisotopic (exact) mass is 241 g/mol. The van der Waals surface area contributed by atoms with Gasteiger partial charge < -0.3 is 10.2 Å². The van der Waals surface area contributed by atoms with E-state index in [-0.39, 0.29) is 0 Å². The molecule has 0 aromatic rings. The Morgan fingerprint density at radius 2 is 1.88 bits per heavy atom. The lowest BCUT2D eigenvalue weighted by Gasteiger charge is -2.39. The van der Waals surface area contributed by atoms with Gasteiger partial charge in [0, 0.05) is 18.6 Å². The zero-order valence-corrected chi connectivity index (χ0v) is 12.2. The van der Waals surface area contributed by atoms with Crippen LogP contribution in [0.2, 0.25) is 0 Å². The summed E-state index contributed by atoms with van der Waals surface area (Å²) >= 11 is 0. The van der Waals surface area contributed by atoms with E-state index in [2.05, 4.69) is 43.1 Å². The van der Waals surface area contributed by atoms with Crippen LogP contribution >= 0.6 is 0 Å². The largest absolute Gasteiger partial charge is 0.315 e. The number of hydrogen-bond donors (Lipinski definition) is 1. The summed E-state index contributed by atoms with van der Waals surface area (Å²) in [6.07, 6.45) is 5.29. The summed E-state index contributed by atoms with van der Waals surface area (Å²) in [5, 5.41) is 3.51. The van der Waals surface area contributed by atoms with E-state index >= 15 is 0 Å². The SMILES string of the molecule is CCCC(CNCC)N1CCC(N(C)C)CC1. The van der Waals surface area contributed by atoms with Crippen LogP contribution in [-0.2, 0) is 0 Å². The summed E-state index contributed by atoms with van der Waals surface area (Å²) in [4.78, 5) is 5.09. The van der Waals surface area contributed by atoms with Crippen LogP contribution in [0, 0.1) is 0 Å². The summed E-state index contributed by atoms with van der Waals surface area (Å²) in [7, 11) is 4.42. The van der Waals surface area contributed by atoms with Crippen molar-refractivity contribution >= 4 is 0 Å². The van der Waals surface area contributed by atoms with Gasteiger partial charge in [-0.2, -0.15) is 0 Å². The van der Waals surface area contributed by atoms with E-state index in [9.17, 15) is 0 Å². The molecule has 0 bridgehead atoms. The first-order valence-corrected chi connectivity index (χ1v) is 7.30. The van der Waals surface area contributed by atoms with Gasteiger partial charge in [0.2, 0.25) is 0 Å². The smallest absolute Gasteiger partial charge is 0.0220 e. The van der Waals surface area contributed by atoms with Crippen LogP contribution in [0.5, 0.6) is 0 Å². The van der Waals surface area contributed by atoms with Crippen molar-refractivity contribution in [2.24, 2.45) is 0 Å². The fraction of sp³-hybridized carbons (Fsp3) is 1.00. The zero-order chi connectivity index (χ0) is 12.7. The van der Waals surface area contributed by atoms with Gasteiger partial charge in [-0.15, -0.1) is 0 Å². The summed E-state index contributed by atoms with van der Waals surface area (Å²) in [6.45, 7) is 9.30. The Morgan fingerprint density at radius 1 is 1.24 bits per heavy atom. The standard InChI is InChI=1S/C14H31N3/c1-5-7-14(12-15-6-2)17-10-8-13(9-11-17)16(3)4/h13-15H,5-12H2,1-4H3. The van der Waals surface area contributed by atoms with Gasteiger partial charge in [0.1, 0.15) is 0 Å². The molecule has 3 nitrogen and oxygen atoms in total. The van der Waals surface area contributed by atoms with E-state index in [1.165, 1.54) is 38.8 Å². The Morgan fingerprint density at radius 3 is 2.35 bits per heavy atom. The highest BCUT2D eigenvalue weighted by Gasteiger charge is 2.24. The van der Waals surface area contributed by atoms with Crippen molar-refractivity contribution in [1.82, 2.24) is 15.1 Å². The molecule has 1 atom stereocenters. The van der Waals surface area contributed by atoms with E-state index in [1.54, 1.807) is 0 Å². The number of likely N-dealkylation sites (N-methyl/N-ethyl adjacent to an activating group) is 1. The number of nitrogens with one attached hydrogen (secondary N) is 1. The molecule has 1 rings (SSSR count). The molecule has 1 aliphatic rings. The molecular formula is C14H31N3. The summed E-state index contributed by atoms with van der Waals surface area (Å²) in [5.41, 5.74) is 0. The van der Waals surface area contributed by atoms with Crippen molar-refractivity contribution < 1.29 is 0 Å². The minimum Gasteiger partial charge on any atom is -0.315 e. The normalized spacial score (nSPS) is 21.0. The third-order valence-corrected chi connectivity index (χ3v) is 4.00. The fourth-order valence-corrected chi connectivity index (χ4v) is 2.83. The van der Waals surface area contributed by atoms with Crippen molar-refractivity contribution in [2.75, 3.05) is 40.3 Å². The zero-order valence-electron chi connectivity index (χ0n) is 12.2. The van der Waals surface area contributed by atoms with Gasteiger partial charge in [-0.25, -0.2) is 0 Å². The van der Waals surface area contributed by atoms with Crippen molar-refractivity contribution in [3.8, 4) is 0 Å². The molecule has 0 aliphatic carbocycles. The number of rotatable bonds is 7. The Hall–Kier alpha value is -0.120. The molecule has 17 heavy (non-hydrogen) atoms. The van der Waals surface area contributed by atoms with Crippen molar-refractivity contribution in [3.63, 3.8) is 0 Å². The van der Waals surface area contributed by atoms with Crippen LogP contribution in [0.4, 0.5) is 0 Å². The molecule has 1 aliphatic heterocycles. The van der Waals surface area contributed by atoms with Crippen LogP contribution in [0.1, 0.15) is 39.5 Å². The van der Waals surface area contributed by atoms with Gasteiger partial charge in [-0.1, -0.05) is 20.3 Å². The molecule has 3 heteroatoms. The second-order valence-electron chi connectivity index (χ2n) is 5.48. The molecule has 1 saturated heterocycles. The molecular weight excluding hydrogens is 210 g/mol. The number of hydrogen-bond acceptors (Lipinski definition) is 3. The van der Waals surface area contributed by atoms with E-state index in [1.807, 2.05) is 0 Å². The molecule has 0 saturated carbocycles. The minimum atomic E-state index is 0.753. The highest BCUT2D eigenvalue weighted by molar-refractivity contribution is 4.82. The van der Waals surface area contributed by atoms with Crippen LogP contribution in [0.15, 0.2) is 0 Å². The average Bonchev–Trinajstić information content (AvgIpc) is 2.34. The van der Waals surface area contributed by atoms with E-state index in [0.29, 0.717) is 0 Å². The Labute approximate surface area is 108 Å². The summed E-state index contributed by atoms with van der Waals surface area (Å²) < 4.78 is 0. The highest BCUT2D eigenvalue weighted by atomic mass is 15.2. The van der Waals surface area contributed by atoms with Gasteiger partial charge in [-0.3, -0.25) is 4.90 Å². The number of likely N-dealkylation sites (tertiary alicyclic amines) is 1. The fourth-order valence-electron chi connectivity index (χ4n) is 2.83. The maximum Gasteiger partial charge on any atom is 0.0220 e. The first-order valence-electron chi connectivity index (χ1n) is 7.30. The minimum absolute atomic E-state index is 0.753. The summed E-state index contributed by atoms with van der Waals surface area (Å²) in [5.74, 6) is 0. The molecule has 0 spiro atoms. The first-order chi connectivity index (χ1) is 8.19. The highest BCUT2D eigenvalue weighted by Crippen LogP contribution is 2.18. The van der Waals surface area contributed by atoms with E-state index in [4.69, 9.17) is 0 Å². The molecule has 0 amide bonds. The van der Waals surface area contributed by atoms with Gasteiger partial charge in [-0.05, 0) is 53.0 Å². The topological polar surface area (TPSA) is 18.5 Å². The molecule has 1 heterocycles. The lowest BCUT2D eigenvalue weighted by molar-refractivity contribution is 0.103. The molecule has 0 aromatic carbocycles. The quantitative estimate of drug-likeness (QED) is 0.733. The summed E-state index contributed by atoms with van der Waals surface area (Å²) in [6, 6.07) is 1.55. The Bertz CT molecular complexity index is 186. The van der Waals surface area contributed by atoms with Crippen LogP contribution < -0.4 is 5.32 Å². The first kappa shape index (κ1) is 14.9. The molecule has 1 fully saturated rings. The molecule has 102 valence electrons. The third kappa shape index (κ3) is 4.94. The van der Waals surface area contributed by atoms with Crippen LogP contribution in [0.25, 0.3) is 0 Å². The second-order valence-corrected chi connectivity index (χ2v) is 5.48. The second kappa shape index (κ2) is 8.06. The lowest BCUT2D eigenvalue weighted by Crippen LogP contribution is -2.49. The third-order valence-electron chi connectivity index (χ3n) is 4.00. The van der Waals surface area contributed by atoms with Gasteiger partial charge in [0.25, 0.3) is 0 Å². The molecule has 1 N–H and O–H groups in total. The van der Waals surface area contributed by atoms with Gasteiger partial charge in [0.15, 0.2) is 0 Å². The lowest BCUT2D eigenvalue weighted by atomic mass is 10.0. The van der Waals surface area contributed by atoms with Crippen LogP contribution in [-0.4, -0.2) is 62.2 Å². The van der Waals surface area contributed by atoms with Gasteiger partial charge in [0.05, 0.1) is 0 Å². The van der Waals surface area contributed by atoms with Crippen molar-refractivity contribution in [1.29, 1.82) is 0 Å². The molecule has 0 radical (unpaired) electrons. The molecule has 0 aromatic heterocycles. The number of nitrogens with zero attached hydrogens (tertiary/aromatic N) is 2. The Kier molecular flexibility index (Phi) is 7.09. The predicted octanol–water partition coefficient (Wildman–Crippen LogP) is 1.79. The van der Waals surface area contributed by atoms with E-state index in [0.717, 1.165) is 25.2 Å². The maximum atomic E-state index is 3.51. The predicted molar refractivity (Wildman–Crippen MR) is 75.5 cm³/mol.